The highest BCUT2D eigenvalue weighted by Gasteiger charge is 2.26. The van der Waals surface area contributed by atoms with Crippen LogP contribution in [0, 0.1) is 0 Å². The molecule has 1 atom stereocenters. The van der Waals surface area contributed by atoms with Crippen molar-refractivity contribution in [3.05, 3.63) is 47.0 Å². The van der Waals surface area contributed by atoms with E-state index in [0.717, 1.165) is 0 Å². The Morgan fingerprint density at radius 3 is 3.06 bits per heavy atom. The molecule has 0 amide bonds. The number of benzene rings is 2. The lowest BCUT2D eigenvalue weighted by molar-refractivity contribution is 0.516. The standard InChI is InChI=1S/C16H16/c1-3-11-7-9-13-5-2-6-14-10-8-12(4-1)15(11)16(13)14/h1,3-4,7,9,14H,2,5-6,8,10H2/i2D2,5D2,6D2,8D2,10D2,14D. The Morgan fingerprint density at radius 2 is 2.06 bits per heavy atom. The van der Waals surface area contributed by atoms with Gasteiger partial charge in [0.15, 0.2) is 0 Å². The third-order valence-electron chi connectivity index (χ3n) is 3.00. The van der Waals surface area contributed by atoms with Crippen LogP contribution in [0.2, 0.25) is 0 Å². The number of aryl methyl sites for hydroxylation is 2. The summed E-state index contributed by atoms with van der Waals surface area (Å²) >= 11 is 0. The van der Waals surface area contributed by atoms with Crippen LogP contribution in [0.25, 0.3) is 10.8 Å². The van der Waals surface area contributed by atoms with E-state index < -0.39 is 37.8 Å². The van der Waals surface area contributed by atoms with Gasteiger partial charge in [0.2, 0.25) is 0 Å². The highest BCUT2D eigenvalue weighted by molar-refractivity contribution is 5.91. The van der Waals surface area contributed by atoms with Crippen LogP contribution in [0.4, 0.5) is 0 Å². The topological polar surface area (TPSA) is 0 Å². The van der Waals surface area contributed by atoms with Crippen molar-refractivity contribution >= 4 is 10.8 Å². The minimum Gasteiger partial charge on any atom is -0.0614 e. The average Bonchev–Trinajstić information content (AvgIpc) is 2.56. The second-order valence-corrected chi connectivity index (χ2v) is 3.89. The van der Waals surface area contributed by atoms with Crippen LogP contribution < -0.4 is 0 Å². The first kappa shape index (κ1) is 3.35. The minimum absolute atomic E-state index is 0.0845. The predicted molar refractivity (Wildman–Crippen MR) is 67.9 cm³/mol. The summed E-state index contributed by atoms with van der Waals surface area (Å²) < 4.78 is 92.2. The molecule has 1 unspecified atom stereocenters. The molecule has 0 N–H and O–H groups in total. The maximum atomic E-state index is 8.87. The molecule has 0 saturated carbocycles. The Labute approximate surface area is 112 Å². The first-order valence-corrected chi connectivity index (χ1v) is 5.15. The van der Waals surface area contributed by atoms with Crippen LogP contribution in [0.15, 0.2) is 30.3 Å². The van der Waals surface area contributed by atoms with Gasteiger partial charge in [-0.1, -0.05) is 30.3 Å². The van der Waals surface area contributed by atoms with Crippen LogP contribution in [-0.2, 0) is 12.7 Å². The largest absolute Gasteiger partial charge is 0.0614 e. The van der Waals surface area contributed by atoms with Crippen LogP contribution in [0.5, 0.6) is 0 Å². The molecule has 2 aliphatic rings. The zero-order chi connectivity index (χ0) is 20.4. The minimum atomic E-state index is -3.35. The van der Waals surface area contributed by atoms with Crippen LogP contribution in [-0.4, -0.2) is 0 Å². The first-order valence-electron chi connectivity index (χ1n) is 10.7. The highest BCUT2D eigenvalue weighted by atomic mass is 14.3. The van der Waals surface area contributed by atoms with E-state index >= 15 is 0 Å². The molecule has 2 aromatic rings. The Kier molecular flexibility index (Phi) is 0.649. The molecule has 4 rings (SSSR count). The van der Waals surface area contributed by atoms with Crippen molar-refractivity contribution in [2.75, 3.05) is 0 Å². The third-order valence-corrected chi connectivity index (χ3v) is 3.00. The lowest BCUT2D eigenvalue weighted by Crippen LogP contribution is -2.15. The summed E-state index contributed by atoms with van der Waals surface area (Å²) in [5.41, 5.74) is -0.698. The van der Waals surface area contributed by atoms with Crippen molar-refractivity contribution in [1.82, 2.24) is 0 Å². The van der Waals surface area contributed by atoms with E-state index in [2.05, 4.69) is 0 Å². The predicted octanol–water partition coefficient (Wildman–Crippen LogP) is 4.21. The monoisotopic (exact) mass is 219 g/mol. The van der Waals surface area contributed by atoms with Crippen LogP contribution >= 0.6 is 0 Å². The molecule has 2 aliphatic carbocycles. The van der Waals surface area contributed by atoms with Gasteiger partial charge in [0.25, 0.3) is 0 Å². The molecule has 0 saturated heterocycles. The van der Waals surface area contributed by atoms with E-state index in [0.29, 0.717) is 5.39 Å². The zero-order valence-electron chi connectivity index (χ0n) is 19.4. The zero-order valence-corrected chi connectivity index (χ0v) is 8.39. The summed E-state index contributed by atoms with van der Waals surface area (Å²) in [7, 11) is 0. The summed E-state index contributed by atoms with van der Waals surface area (Å²) in [6, 6.07) is 7.22. The first-order chi connectivity index (χ1) is 12.1. The van der Waals surface area contributed by atoms with Crippen molar-refractivity contribution in [3.63, 3.8) is 0 Å². The van der Waals surface area contributed by atoms with E-state index in [9.17, 15) is 0 Å². The van der Waals surface area contributed by atoms with E-state index in [1.54, 1.807) is 6.07 Å². The molecular formula is C16H16. The lowest BCUT2D eigenvalue weighted by Gasteiger charge is -2.31. The van der Waals surface area contributed by atoms with E-state index in [-0.39, 0.29) is 22.1 Å². The maximum Gasteiger partial charge on any atom is 0.0353 e. The third kappa shape index (κ3) is 1.05. The van der Waals surface area contributed by atoms with Crippen molar-refractivity contribution in [2.45, 2.75) is 37.8 Å². The van der Waals surface area contributed by atoms with Gasteiger partial charge in [-0.3, -0.25) is 0 Å². The summed E-state index contributed by atoms with van der Waals surface area (Å²) in [6.07, 6.45) is -15.4. The number of rotatable bonds is 0. The molecule has 80 valence electrons. The average molecular weight is 219 g/mol. The fraction of sp³-hybridized carbons (Fsp3) is 0.375. The molecule has 0 heteroatoms. The second kappa shape index (κ2) is 3.10. The van der Waals surface area contributed by atoms with E-state index in [4.69, 9.17) is 15.1 Å². The summed E-state index contributed by atoms with van der Waals surface area (Å²) in [6.45, 7) is 0. The Bertz CT molecular complexity index is 991. The van der Waals surface area contributed by atoms with Gasteiger partial charge in [0, 0.05) is 15.1 Å². The molecule has 0 spiro atoms. The van der Waals surface area contributed by atoms with Gasteiger partial charge in [0.05, 0.1) is 0 Å². The summed E-state index contributed by atoms with van der Waals surface area (Å²) in [5, 5.41) is 0.518. The van der Waals surface area contributed by atoms with Gasteiger partial charge >= 0.3 is 0 Å². The van der Waals surface area contributed by atoms with E-state index in [1.165, 1.54) is 24.3 Å². The Hall–Kier alpha value is -1.30. The van der Waals surface area contributed by atoms with Gasteiger partial charge in [0.1, 0.15) is 0 Å². The van der Waals surface area contributed by atoms with Crippen LogP contribution in [0.3, 0.4) is 0 Å². The molecule has 0 bridgehead atoms. The molecular weight excluding hydrogens is 192 g/mol. The van der Waals surface area contributed by atoms with Crippen LogP contribution in [0.1, 0.15) is 56.8 Å². The fourth-order valence-corrected chi connectivity index (χ4v) is 2.29. The molecule has 2 aromatic carbocycles. The number of hydrogen-bond donors (Lipinski definition) is 0. The van der Waals surface area contributed by atoms with Crippen molar-refractivity contribution in [2.24, 2.45) is 0 Å². The summed E-state index contributed by atoms with van der Waals surface area (Å²) in [4.78, 5) is 0. The second-order valence-electron chi connectivity index (χ2n) is 3.89. The molecule has 0 radical (unpaired) electrons. The van der Waals surface area contributed by atoms with Gasteiger partial charge in [-0.2, -0.15) is 0 Å². The molecule has 0 aliphatic heterocycles. The quantitative estimate of drug-likeness (QED) is 0.623. The highest BCUT2D eigenvalue weighted by Crippen LogP contribution is 2.43. The molecule has 0 fully saturated rings. The Morgan fingerprint density at radius 1 is 1.06 bits per heavy atom. The SMILES string of the molecule is [2H]C1([2H])c2ccc3cccc4c3c2C([2H])(C([2H])([2H])C4([2H])[2H])C([2H])([2H])C1([2H])[2H]. The van der Waals surface area contributed by atoms with Gasteiger partial charge in [-0.05, 0) is 65.2 Å². The summed E-state index contributed by atoms with van der Waals surface area (Å²) in [5.74, 6) is -3.00. The molecule has 16 heavy (non-hydrogen) atoms. The lowest BCUT2D eigenvalue weighted by atomic mass is 9.73. The fourth-order valence-electron chi connectivity index (χ4n) is 2.29. The normalized spacial score (nSPS) is 52.9. The van der Waals surface area contributed by atoms with Crippen molar-refractivity contribution in [1.29, 1.82) is 0 Å². The smallest absolute Gasteiger partial charge is 0.0353 e. The van der Waals surface area contributed by atoms with Gasteiger partial charge in [-0.25, -0.2) is 0 Å². The Balaban J connectivity index is 2.37. The number of hydrogen-bond acceptors (Lipinski definition) is 0. The molecule has 0 aromatic heterocycles. The van der Waals surface area contributed by atoms with E-state index in [1.807, 2.05) is 0 Å². The van der Waals surface area contributed by atoms with Gasteiger partial charge < -0.3 is 0 Å². The van der Waals surface area contributed by atoms with Gasteiger partial charge in [-0.15, -0.1) is 0 Å². The van der Waals surface area contributed by atoms with Crippen molar-refractivity contribution < 1.29 is 15.1 Å². The maximum absolute atomic E-state index is 8.87. The van der Waals surface area contributed by atoms with Crippen molar-refractivity contribution in [3.8, 4) is 0 Å². The molecule has 0 heterocycles. The molecule has 0 nitrogen and oxygen atoms in total.